The van der Waals surface area contributed by atoms with Gasteiger partial charge in [-0.25, -0.2) is 0 Å². The maximum absolute atomic E-state index is 11.5. The molecule has 0 aliphatic carbocycles. The van der Waals surface area contributed by atoms with Crippen LogP contribution >= 0.6 is 0 Å². The van der Waals surface area contributed by atoms with Crippen LogP contribution in [0.1, 0.15) is 23.7 Å². The number of carbonyl (C=O) groups excluding carboxylic acids is 1. The second kappa shape index (κ2) is 5.80. The minimum Gasteiger partial charge on any atom is -0.506 e. The predicted molar refractivity (Wildman–Crippen MR) is 57.7 cm³/mol. The van der Waals surface area contributed by atoms with Crippen molar-refractivity contribution in [2.45, 2.75) is 13.3 Å². The summed E-state index contributed by atoms with van der Waals surface area (Å²) in [6.45, 7) is 2.51. The number of rotatable bonds is 4. The van der Waals surface area contributed by atoms with Crippen molar-refractivity contribution in [3.63, 3.8) is 0 Å². The lowest BCUT2D eigenvalue weighted by molar-refractivity contribution is 0.0953. The summed E-state index contributed by atoms with van der Waals surface area (Å²) in [6.07, 6.45) is 7.42. The Morgan fingerprint density at radius 2 is 2.40 bits per heavy atom. The van der Waals surface area contributed by atoms with Crippen molar-refractivity contribution in [3.8, 4) is 5.75 Å². The summed E-state index contributed by atoms with van der Waals surface area (Å²) in [4.78, 5) is 15.2. The number of amides is 1. The summed E-state index contributed by atoms with van der Waals surface area (Å²) in [5.74, 6) is -0.223. The molecule has 2 N–H and O–H groups in total. The topological polar surface area (TPSA) is 62.2 Å². The van der Waals surface area contributed by atoms with Gasteiger partial charge < -0.3 is 10.4 Å². The number of allylic oxidation sites excluding steroid dienone is 1. The Bertz CT molecular complexity index is 361. The monoisotopic (exact) mass is 206 g/mol. The first-order valence-corrected chi connectivity index (χ1v) is 4.77. The average Bonchev–Trinajstić information content (AvgIpc) is 2.24. The van der Waals surface area contributed by atoms with E-state index in [4.69, 9.17) is 5.11 Å². The molecule has 0 aliphatic heterocycles. The zero-order chi connectivity index (χ0) is 11.1. The van der Waals surface area contributed by atoms with Gasteiger partial charge in [-0.2, -0.15) is 0 Å². The standard InChI is InChI=1S/C11H14N2O2/c1-2-3-4-5-13-11(15)9-6-10(14)8-12-7-9/h2-3,6-8,14H,4-5H2,1H3,(H,13,15)/b3-2+. The highest BCUT2D eigenvalue weighted by molar-refractivity contribution is 5.94. The number of carbonyl (C=O) groups is 1. The summed E-state index contributed by atoms with van der Waals surface area (Å²) in [7, 11) is 0. The fourth-order valence-corrected chi connectivity index (χ4v) is 1.09. The number of aromatic hydroxyl groups is 1. The van der Waals surface area contributed by atoms with Gasteiger partial charge in [-0.3, -0.25) is 9.78 Å². The van der Waals surface area contributed by atoms with Gasteiger partial charge in [0.2, 0.25) is 0 Å². The third-order valence-electron chi connectivity index (χ3n) is 1.82. The molecule has 80 valence electrons. The number of hydrogen-bond acceptors (Lipinski definition) is 3. The molecule has 4 nitrogen and oxygen atoms in total. The molecule has 0 fully saturated rings. The second-order valence-corrected chi connectivity index (χ2v) is 3.05. The number of pyridine rings is 1. The Kier molecular flexibility index (Phi) is 4.34. The van der Waals surface area contributed by atoms with E-state index in [0.717, 1.165) is 6.42 Å². The van der Waals surface area contributed by atoms with E-state index in [-0.39, 0.29) is 11.7 Å². The first kappa shape index (κ1) is 11.2. The van der Waals surface area contributed by atoms with Gasteiger partial charge >= 0.3 is 0 Å². The van der Waals surface area contributed by atoms with Gasteiger partial charge in [0.15, 0.2) is 0 Å². The SMILES string of the molecule is C/C=C/CCNC(=O)c1cncc(O)c1. The molecule has 0 spiro atoms. The lowest BCUT2D eigenvalue weighted by Gasteiger charge is -2.02. The molecule has 0 atom stereocenters. The lowest BCUT2D eigenvalue weighted by Crippen LogP contribution is -2.24. The summed E-state index contributed by atoms with van der Waals surface area (Å²) in [5.41, 5.74) is 0.371. The van der Waals surface area contributed by atoms with Crippen LogP contribution in [0.4, 0.5) is 0 Å². The molecule has 1 aromatic heterocycles. The van der Waals surface area contributed by atoms with E-state index < -0.39 is 0 Å². The second-order valence-electron chi connectivity index (χ2n) is 3.05. The zero-order valence-electron chi connectivity index (χ0n) is 8.60. The van der Waals surface area contributed by atoms with Crippen molar-refractivity contribution in [2.24, 2.45) is 0 Å². The number of nitrogens with one attached hydrogen (secondary N) is 1. The first-order chi connectivity index (χ1) is 7.24. The summed E-state index contributed by atoms with van der Waals surface area (Å²) < 4.78 is 0. The van der Waals surface area contributed by atoms with Crippen LogP contribution in [-0.4, -0.2) is 22.5 Å². The molecule has 0 bridgehead atoms. The largest absolute Gasteiger partial charge is 0.506 e. The van der Waals surface area contributed by atoms with E-state index in [9.17, 15) is 4.79 Å². The molecule has 15 heavy (non-hydrogen) atoms. The van der Waals surface area contributed by atoms with Gasteiger partial charge in [0.05, 0.1) is 11.8 Å². The molecular formula is C11H14N2O2. The van der Waals surface area contributed by atoms with Gasteiger partial charge in [0.1, 0.15) is 5.75 Å². The fraction of sp³-hybridized carbons (Fsp3) is 0.273. The average molecular weight is 206 g/mol. The number of aromatic nitrogens is 1. The maximum Gasteiger partial charge on any atom is 0.252 e. The van der Waals surface area contributed by atoms with Gasteiger partial charge in [-0.15, -0.1) is 0 Å². The summed E-state index contributed by atoms with van der Waals surface area (Å²) >= 11 is 0. The summed E-state index contributed by atoms with van der Waals surface area (Å²) in [6, 6.07) is 1.39. The van der Waals surface area contributed by atoms with E-state index >= 15 is 0 Å². The highest BCUT2D eigenvalue weighted by atomic mass is 16.3. The van der Waals surface area contributed by atoms with Crippen LogP contribution in [0.5, 0.6) is 5.75 Å². The molecule has 0 saturated carbocycles. The van der Waals surface area contributed by atoms with E-state index in [1.807, 2.05) is 19.1 Å². The van der Waals surface area contributed by atoms with Crippen molar-refractivity contribution in [1.82, 2.24) is 10.3 Å². The third kappa shape index (κ3) is 3.81. The van der Waals surface area contributed by atoms with Crippen LogP contribution in [-0.2, 0) is 0 Å². The minimum absolute atomic E-state index is 0.00361. The highest BCUT2D eigenvalue weighted by Crippen LogP contribution is 2.07. The van der Waals surface area contributed by atoms with Crippen LogP contribution in [0.3, 0.4) is 0 Å². The molecule has 1 heterocycles. The molecule has 0 aromatic carbocycles. The van der Waals surface area contributed by atoms with Gasteiger partial charge in [-0.1, -0.05) is 12.2 Å². The normalized spacial score (nSPS) is 10.5. The summed E-state index contributed by atoms with van der Waals surface area (Å²) in [5, 5.41) is 11.8. The zero-order valence-corrected chi connectivity index (χ0v) is 8.60. The van der Waals surface area contributed by atoms with Gasteiger partial charge in [0, 0.05) is 12.7 Å². The van der Waals surface area contributed by atoms with E-state index in [1.165, 1.54) is 18.5 Å². The van der Waals surface area contributed by atoms with Crippen LogP contribution in [0, 0.1) is 0 Å². The smallest absolute Gasteiger partial charge is 0.252 e. The fourth-order valence-electron chi connectivity index (χ4n) is 1.09. The molecule has 0 radical (unpaired) electrons. The Hall–Kier alpha value is -1.84. The molecule has 1 amide bonds. The Morgan fingerprint density at radius 1 is 1.60 bits per heavy atom. The van der Waals surface area contributed by atoms with Crippen LogP contribution < -0.4 is 5.32 Å². The molecule has 0 unspecified atom stereocenters. The van der Waals surface area contributed by atoms with Crippen molar-refractivity contribution in [1.29, 1.82) is 0 Å². The quantitative estimate of drug-likeness (QED) is 0.579. The third-order valence-corrected chi connectivity index (χ3v) is 1.82. The Morgan fingerprint density at radius 3 is 3.07 bits per heavy atom. The van der Waals surface area contributed by atoms with E-state index in [1.54, 1.807) is 0 Å². The van der Waals surface area contributed by atoms with Crippen molar-refractivity contribution < 1.29 is 9.90 Å². The highest BCUT2D eigenvalue weighted by Gasteiger charge is 2.04. The van der Waals surface area contributed by atoms with Crippen LogP contribution in [0.25, 0.3) is 0 Å². The molecule has 1 rings (SSSR count). The molecular weight excluding hydrogens is 192 g/mol. The number of hydrogen-bond donors (Lipinski definition) is 2. The van der Waals surface area contributed by atoms with Gasteiger partial charge in [-0.05, 0) is 19.4 Å². The molecule has 4 heteroatoms. The first-order valence-electron chi connectivity index (χ1n) is 4.77. The van der Waals surface area contributed by atoms with Gasteiger partial charge in [0.25, 0.3) is 5.91 Å². The van der Waals surface area contributed by atoms with Crippen molar-refractivity contribution >= 4 is 5.91 Å². The predicted octanol–water partition coefficient (Wildman–Crippen LogP) is 1.48. The minimum atomic E-state index is -0.220. The molecule has 0 aliphatic rings. The van der Waals surface area contributed by atoms with E-state index in [2.05, 4.69) is 10.3 Å². The number of nitrogens with zero attached hydrogens (tertiary/aromatic N) is 1. The maximum atomic E-state index is 11.5. The molecule has 1 aromatic rings. The molecule has 0 saturated heterocycles. The van der Waals surface area contributed by atoms with E-state index in [0.29, 0.717) is 12.1 Å². The Labute approximate surface area is 88.7 Å². The lowest BCUT2D eigenvalue weighted by atomic mass is 10.2. The van der Waals surface area contributed by atoms with Crippen LogP contribution in [0.2, 0.25) is 0 Å². The van der Waals surface area contributed by atoms with Crippen molar-refractivity contribution in [2.75, 3.05) is 6.54 Å². The van der Waals surface area contributed by atoms with Crippen molar-refractivity contribution in [3.05, 3.63) is 36.2 Å². The Balaban J connectivity index is 2.47. The van der Waals surface area contributed by atoms with Crippen LogP contribution in [0.15, 0.2) is 30.6 Å².